The van der Waals surface area contributed by atoms with Crippen molar-refractivity contribution in [2.75, 3.05) is 6.61 Å². The molecule has 3 rings (SSSR count). The summed E-state index contributed by atoms with van der Waals surface area (Å²) in [5, 5.41) is 9.80. The van der Waals surface area contributed by atoms with Crippen LogP contribution < -0.4 is 5.56 Å². The minimum Gasteiger partial charge on any atom is -0.395 e. The van der Waals surface area contributed by atoms with E-state index in [1.165, 1.54) is 4.57 Å². The number of aliphatic hydroxyl groups is 1. The topological polar surface area (TPSA) is 55.1 Å². The molecule has 4 nitrogen and oxygen atoms in total. The molecule has 0 saturated carbocycles. The maximum Gasteiger partial charge on any atom is 0.261 e. The van der Waals surface area contributed by atoms with Crippen LogP contribution >= 0.6 is 15.9 Å². The van der Waals surface area contributed by atoms with Crippen LogP contribution in [0.5, 0.6) is 0 Å². The van der Waals surface area contributed by atoms with E-state index in [0.29, 0.717) is 16.7 Å². The predicted molar refractivity (Wildman–Crippen MR) is 96.2 cm³/mol. The lowest BCUT2D eigenvalue weighted by Crippen LogP contribution is -2.25. The fraction of sp³-hybridized carbons (Fsp3) is 0.111. The molecule has 5 heteroatoms. The lowest BCUT2D eigenvalue weighted by atomic mass is 10.2. The van der Waals surface area contributed by atoms with Gasteiger partial charge in [0.1, 0.15) is 5.82 Å². The Morgan fingerprint density at radius 1 is 1.13 bits per heavy atom. The van der Waals surface area contributed by atoms with Crippen LogP contribution in [-0.2, 0) is 6.54 Å². The summed E-state index contributed by atoms with van der Waals surface area (Å²) < 4.78 is 2.48. The Hall–Kier alpha value is -2.24. The zero-order valence-electron chi connectivity index (χ0n) is 12.3. The van der Waals surface area contributed by atoms with E-state index in [2.05, 4.69) is 20.9 Å². The minimum atomic E-state index is -0.140. The maximum absolute atomic E-state index is 12.6. The number of aromatic nitrogens is 2. The summed E-state index contributed by atoms with van der Waals surface area (Å²) in [5.41, 5.74) is 1.51. The second kappa shape index (κ2) is 6.89. The van der Waals surface area contributed by atoms with E-state index in [1.54, 1.807) is 12.1 Å². The summed E-state index contributed by atoms with van der Waals surface area (Å²) in [6.07, 6.45) is 3.69. The van der Waals surface area contributed by atoms with Crippen molar-refractivity contribution in [3.8, 4) is 0 Å². The van der Waals surface area contributed by atoms with Crippen LogP contribution in [0.1, 0.15) is 11.4 Å². The van der Waals surface area contributed by atoms with E-state index in [1.807, 2.05) is 48.5 Å². The van der Waals surface area contributed by atoms with Crippen LogP contribution in [0.25, 0.3) is 23.1 Å². The molecule has 0 aliphatic heterocycles. The summed E-state index contributed by atoms with van der Waals surface area (Å²) in [4.78, 5) is 17.1. The summed E-state index contributed by atoms with van der Waals surface area (Å²) in [6.45, 7) is 0.104. The number of aliphatic hydroxyl groups excluding tert-OH is 1. The molecule has 23 heavy (non-hydrogen) atoms. The number of hydrogen-bond donors (Lipinski definition) is 1. The first-order chi connectivity index (χ1) is 11.2. The van der Waals surface area contributed by atoms with Gasteiger partial charge in [0.25, 0.3) is 5.56 Å². The standard InChI is InChI=1S/C18H15BrN2O2/c19-14-5-3-4-13(12-14)8-9-17-20-16-7-2-1-6-15(16)18(23)21(17)10-11-22/h1-9,12,22H,10-11H2/b9-8-. The Bertz CT molecular complexity index is 932. The van der Waals surface area contributed by atoms with Gasteiger partial charge in [0.15, 0.2) is 0 Å². The second-order valence-electron chi connectivity index (χ2n) is 5.06. The van der Waals surface area contributed by atoms with E-state index < -0.39 is 0 Å². The Kier molecular flexibility index (Phi) is 4.69. The van der Waals surface area contributed by atoms with Crippen molar-refractivity contribution in [3.63, 3.8) is 0 Å². The molecule has 3 aromatic rings. The predicted octanol–water partition coefficient (Wildman–Crippen LogP) is 3.32. The highest BCUT2D eigenvalue weighted by atomic mass is 79.9. The highest BCUT2D eigenvalue weighted by Gasteiger charge is 2.08. The molecule has 0 aliphatic rings. The highest BCUT2D eigenvalue weighted by Crippen LogP contribution is 2.15. The molecule has 0 saturated heterocycles. The molecule has 0 atom stereocenters. The largest absolute Gasteiger partial charge is 0.395 e. The molecule has 1 N–H and O–H groups in total. The van der Waals surface area contributed by atoms with Gasteiger partial charge >= 0.3 is 0 Å². The third-order valence-corrected chi connectivity index (χ3v) is 3.98. The highest BCUT2D eigenvalue weighted by molar-refractivity contribution is 9.10. The molecule has 2 aromatic carbocycles. The lowest BCUT2D eigenvalue weighted by molar-refractivity contribution is 0.273. The molecule has 116 valence electrons. The molecule has 1 aromatic heterocycles. The van der Waals surface area contributed by atoms with Crippen molar-refractivity contribution in [1.82, 2.24) is 9.55 Å². The van der Waals surface area contributed by atoms with Crippen molar-refractivity contribution >= 4 is 39.0 Å². The molecule has 0 radical (unpaired) electrons. The van der Waals surface area contributed by atoms with E-state index in [4.69, 9.17) is 0 Å². The Morgan fingerprint density at radius 2 is 1.96 bits per heavy atom. The van der Waals surface area contributed by atoms with Crippen LogP contribution in [-0.4, -0.2) is 21.3 Å². The quantitative estimate of drug-likeness (QED) is 0.766. The van der Waals surface area contributed by atoms with Crippen LogP contribution in [0, 0.1) is 0 Å². The van der Waals surface area contributed by atoms with Crippen molar-refractivity contribution in [2.45, 2.75) is 6.54 Å². The zero-order chi connectivity index (χ0) is 16.2. The van der Waals surface area contributed by atoms with Gasteiger partial charge in [-0.25, -0.2) is 4.98 Å². The molecule has 0 unspecified atom stereocenters. The van der Waals surface area contributed by atoms with Gasteiger partial charge in [-0.1, -0.05) is 46.3 Å². The number of benzene rings is 2. The van der Waals surface area contributed by atoms with Crippen LogP contribution in [0.4, 0.5) is 0 Å². The number of nitrogens with zero attached hydrogens (tertiary/aromatic N) is 2. The average Bonchev–Trinajstić information content (AvgIpc) is 2.56. The Morgan fingerprint density at radius 3 is 2.74 bits per heavy atom. The SMILES string of the molecule is O=c1c2ccccc2nc(/C=C\c2cccc(Br)c2)n1CCO. The third-order valence-electron chi connectivity index (χ3n) is 3.49. The average molecular weight is 371 g/mol. The second-order valence-corrected chi connectivity index (χ2v) is 5.97. The fourth-order valence-electron chi connectivity index (χ4n) is 2.41. The molecule has 0 amide bonds. The number of fused-ring (bicyclic) bond motifs is 1. The molecule has 0 aliphatic carbocycles. The normalized spacial score (nSPS) is 11.4. The number of rotatable bonds is 4. The summed E-state index contributed by atoms with van der Waals surface area (Å²) in [6, 6.07) is 15.1. The maximum atomic E-state index is 12.6. The smallest absolute Gasteiger partial charge is 0.261 e. The number of halogens is 1. The summed E-state index contributed by atoms with van der Waals surface area (Å²) >= 11 is 3.43. The lowest BCUT2D eigenvalue weighted by Gasteiger charge is -2.09. The monoisotopic (exact) mass is 370 g/mol. The van der Waals surface area contributed by atoms with Crippen molar-refractivity contribution in [2.24, 2.45) is 0 Å². The van der Waals surface area contributed by atoms with Gasteiger partial charge in [-0.05, 0) is 35.9 Å². The molecule has 0 fully saturated rings. The molecular formula is C18H15BrN2O2. The van der Waals surface area contributed by atoms with E-state index >= 15 is 0 Å². The molecule has 1 heterocycles. The van der Waals surface area contributed by atoms with Crippen LogP contribution in [0.2, 0.25) is 0 Å². The first-order valence-corrected chi connectivity index (χ1v) is 8.02. The molecular weight excluding hydrogens is 356 g/mol. The first kappa shape index (κ1) is 15.6. The Balaban J connectivity index is 2.12. The summed E-state index contributed by atoms with van der Waals surface area (Å²) in [5.74, 6) is 0.530. The Labute approximate surface area is 141 Å². The van der Waals surface area contributed by atoms with Gasteiger partial charge < -0.3 is 5.11 Å². The third kappa shape index (κ3) is 3.41. The molecule has 0 bridgehead atoms. The molecule has 0 spiro atoms. The summed E-state index contributed by atoms with van der Waals surface area (Å²) in [7, 11) is 0. The van der Waals surface area contributed by atoms with Gasteiger partial charge in [0.05, 0.1) is 24.1 Å². The number of para-hydroxylation sites is 1. The number of hydrogen-bond acceptors (Lipinski definition) is 3. The van der Waals surface area contributed by atoms with Gasteiger partial charge in [-0.3, -0.25) is 9.36 Å². The van der Waals surface area contributed by atoms with Gasteiger partial charge in [-0.2, -0.15) is 0 Å². The van der Waals surface area contributed by atoms with Gasteiger partial charge in [0, 0.05) is 4.47 Å². The van der Waals surface area contributed by atoms with Crippen molar-refractivity contribution < 1.29 is 5.11 Å². The van der Waals surface area contributed by atoms with Crippen molar-refractivity contribution in [1.29, 1.82) is 0 Å². The van der Waals surface area contributed by atoms with E-state index in [0.717, 1.165) is 10.0 Å². The zero-order valence-corrected chi connectivity index (χ0v) is 13.9. The van der Waals surface area contributed by atoms with Gasteiger partial charge in [0.2, 0.25) is 0 Å². The van der Waals surface area contributed by atoms with Crippen molar-refractivity contribution in [3.05, 3.63) is 74.7 Å². The first-order valence-electron chi connectivity index (χ1n) is 7.23. The van der Waals surface area contributed by atoms with Crippen LogP contribution in [0.15, 0.2) is 57.8 Å². The van der Waals surface area contributed by atoms with E-state index in [-0.39, 0.29) is 18.7 Å². The minimum absolute atomic E-state index is 0.113. The fourth-order valence-corrected chi connectivity index (χ4v) is 2.83. The van der Waals surface area contributed by atoms with Gasteiger partial charge in [-0.15, -0.1) is 0 Å². The van der Waals surface area contributed by atoms with E-state index in [9.17, 15) is 9.90 Å². The van der Waals surface area contributed by atoms with Crippen LogP contribution in [0.3, 0.4) is 0 Å².